The molecule has 2 aromatic rings. The third-order valence-corrected chi connectivity index (χ3v) is 2.94. The molecule has 1 amide bonds. The van der Waals surface area contributed by atoms with E-state index in [2.05, 4.69) is 5.32 Å². The molecule has 1 fully saturated rings. The van der Waals surface area contributed by atoms with Crippen molar-refractivity contribution in [2.24, 2.45) is 0 Å². The number of hydrogen-bond acceptors (Lipinski definition) is 1. The summed E-state index contributed by atoms with van der Waals surface area (Å²) in [5.74, 6) is 0.0248. The molecule has 1 aromatic carbocycles. The molecule has 0 aliphatic heterocycles. The zero-order valence-corrected chi connectivity index (χ0v) is 9.47. The molecule has 1 saturated carbocycles. The van der Waals surface area contributed by atoms with Crippen LogP contribution in [0.15, 0.2) is 48.8 Å². The number of aromatic nitrogens is 1. The van der Waals surface area contributed by atoms with Gasteiger partial charge in [0.1, 0.15) is 0 Å². The summed E-state index contributed by atoms with van der Waals surface area (Å²) in [5, 5.41) is 3.02. The largest absolute Gasteiger partial charge is 0.349 e. The summed E-state index contributed by atoms with van der Waals surface area (Å²) < 4.78 is 1.96. The Bertz CT molecular complexity index is 527. The highest BCUT2D eigenvalue weighted by molar-refractivity contribution is 5.98. The van der Waals surface area contributed by atoms with Crippen molar-refractivity contribution in [1.82, 2.24) is 9.88 Å². The van der Waals surface area contributed by atoms with Gasteiger partial charge in [-0.05, 0) is 37.1 Å². The zero-order chi connectivity index (χ0) is 11.7. The van der Waals surface area contributed by atoms with E-state index in [4.69, 9.17) is 0 Å². The highest BCUT2D eigenvalue weighted by atomic mass is 16.1. The molecule has 1 heterocycles. The summed E-state index contributed by atoms with van der Waals surface area (Å²) in [6, 6.07) is 12.0. The van der Waals surface area contributed by atoms with Gasteiger partial charge in [0.15, 0.2) is 0 Å². The standard InChI is InChI=1S/C14H14N2O/c17-14(15-11-7-8-11)12-5-1-2-6-13(12)16-9-3-4-10-16/h1-6,9-11H,7-8H2,(H,15,17). The Morgan fingerprint density at radius 2 is 1.82 bits per heavy atom. The predicted molar refractivity (Wildman–Crippen MR) is 66.3 cm³/mol. The van der Waals surface area contributed by atoms with Crippen LogP contribution in [0.5, 0.6) is 0 Å². The lowest BCUT2D eigenvalue weighted by molar-refractivity contribution is 0.0951. The number of carbonyl (C=O) groups is 1. The molecule has 1 N–H and O–H groups in total. The highest BCUT2D eigenvalue weighted by Crippen LogP contribution is 2.21. The topological polar surface area (TPSA) is 34.0 Å². The van der Waals surface area contributed by atoms with Crippen LogP contribution in [-0.4, -0.2) is 16.5 Å². The van der Waals surface area contributed by atoms with Gasteiger partial charge in [0.2, 0.25) is 0 Å². The number of nitrogens with one attached hydrogen (secondary N) is 1. The van der Waals surface area contributed by atoms with Crippen LogP contribution in [0.25, 0.3) is 5.69 Å². The van der Waals surface area contributed by atoms with Crippen molar-refractivity contribution >= 4 is 5.91 Å². The Kier molecular flexibility index (Phi) is 2.44. The summed E-state index contributed by atoms with van der Waals surface area (Å²) >= 11 is 0. The molecule has 0 radical (unpaired) electrons. The van der Waals surface area contributed by atoms with Crippen molar-refractivity contribution in [3.63, 3.8) is 0 Å². The van der Waals surface area contributed by atoms with Gasteiger partial charge in [0.25, 0.3) is 5.91 Å². The second kappa shape index (κ2) is 4.09. The van der Waals surface area contributed by atoms with Crippen molar-refractivity contribution in [2.45, 2.75) is 18.9 Å². The molecule has 86 valence electrons. The van der Waals surface area contributed by atoms with E-state index >= 15 is 0 Å². The maximum absolute atomic E-state index is 12.1. The molecule has 3 rings (SSSR count). The van der Waals surface area contributed by atoms with E-state index in [0.717, 1.165) is 24.1 Å². The van der Waals surface area contributed by atoms with Gasteiger partial charge < -0.3 is 9.88 Å². The first-order chi connectivity index (χ1) is 8.34. The van der Waals surface area contributed by atoms with E-state index in [1.165, 1.54) is 0 Å². The average molecular weight is 226 g/mol. The SMILES string of the molecule is O=C(NC1CC1)c1ccccc1-n1cccc1. The molecule has 17 heavy (non-hydrogen) atoms. The number of carbonyl (C=O) groups excluding carboxylic acids is 1. The molecule has 1 aliphatic carbocycles. The van der Waals surface area contributed by atoms with Gasteiger partial charge in [-0.2, -0.15) is 0 Å². The molecule has 3 nitrogen and oxygen atoms in total. The third-order valence-electron chi connectivity index (χ3n) is 2.94. The molecule has 0 unspecified atom stereocenters. The monoisotopic (exact) mass is 226 g/mol. The number of amides is 1. The number of nitrogens with zero attached hydrogens (tertiary/aromatic N) is 1. The normalized spacial score (nSPS) is 14.6. The smallest absolute Gasteiger partial charge is 0.253 e. The molecular formula is C14H14N2O. The summed E-state index contributed by atoms with van der Waals surface area (Å²) in [5.41, 5.74) is 1.66. The van der Waals surface area contributed by atoms with E-state index < -0.39 is 0 Å². The second-order valence-electron chi connectivity index (χ2n) is 4.36. The van der Waals surface area contributed by atoms with Crippen LogP contribution in [0.2, 0.25) is 0 Å². The lowest BCUT2D eigenvalue weighted by Gasteiger charge is -2.10. The van der Waals surface area contributed by atoms with Crippen molar-refractivity contribution in [2.75, 3.05) is 0 Å². The van der Waals surface area contributed by atoms with Crippen molar-refractivity contribution in [3.05, 3.63) is 54.4 Å². The molecule has 0 spiro atoms. The Labute approximate surface area is 100 Å². The quantitative estimate of drug-likeness (QED) is 0.856. The minimum absolute atomic E-state index is 0.0248. The van der Waals surface area contributed by atoms with Gasteiger partial charge in [0.05, 0.1) is 11.3 Å². The summed E-state index contributed by atoms with van der Waals surface area (Å²) in [4.78, 5) is 12.1. The van der Waals surface area contributed by atoms with E-state index in [0.29, 0.717) is 6.04 Å². The van der Waals surface area contributed by atoms with Crippen LogP contribution >= 0.6 is 0 Å². The molecule has 0 bridgehead atoms. The fourth-order valence-corrected chi connectivity index (χ4v) is 1.88. The summed E-state index contributed by atoms with van der Waals surface area (Å²) in [6.07, 6.45) is 6.11. The van der Waals surface area contributed by atoms with Gasteiger partial charge >= 0.3 is 0 Å². The van der Waals surface area contributed by atoms with Crippen LogP contribution in [0.4, 0.5) is 0 Å². The Morgan fingerprint density at radius 3 is 2.53 bits per heavy atom. The second-order valence-corrected chi connectivity index (χ2v) is 4.36. The van der Waals surface area contributed by atoms with E-state index in [1.54, 1.807) is 0 Å². The van der Waals surface area contributed by atoms with Gasteiger partial charge in [-0.1, -0.05) is 12.1 Å². The van der Waals surface area contributed by atoms with E-state index in [-0.39, 0.29) is 5.91 Å². The Hall–Kier alpha value is -2.03. The minimum atomic E-state index is 0.0248. The number of rotatable bonds is 3. The lowest BCUT2D eigenvalue weighted by Crippen LogP contribution is -2.26. The van der Waals surface area contributed by atoms with Gasteiger partial charge in [-0.15, -0.1) is 0 Å². The van der Waals surface area contributed by atoms with E-state index in [1.807, 2.05) is 53.4 Å². The molecule has 0 atom stereocenters. The van der Waals surface area contributed by atoms with Gasteiger partial charge in [0, 0.05) is 18.4 Å². The van der Waals surface area contributed by atoms with Crippen LogP contribution in [0.3, 0.4) is 0 Å². The first kappa shape index (κ1) is 10.1. The summed E-state index contributed by atoms with van der Waals surface area (Å²) in [7, 11) is 0. The highest BCUT2D eigenvalue weighted by Gasteiger charge is 2.24. The first-order valence-electron chi connectivity index (χ1n) is 5.88. The van der Waals surface area contributed by atoms with Crippen LogP contribution in [-0.2, 0) is 0 Å². The Morgan fingerprint density at radius 1 is 1.12 bits per heavy atom. The van der Waals surface area contributed by atoms with Crippen LogP contribution in [0.1, 0.15) is 23.2 Å². The minimum Gasteiger partial charge on any atom is -0.349 e. The maximum atomic E-state index is 12.1. The van der Waals surface area contributed by atoms with Crippen molar-refractivity contribution in [1.29, 1.82) is 0 Å². The number of benzene rings is 1. The van der Waals surface area contributed by atoms with E-state index in [9.17, 15) is 4.79 Å². The molecule has 0 saturated heterocycles. The zero-order valence-electron chi connectivity index (χ0n) is 9.47. The fraction of sp³-hybridized carbons (Fsp3) is 0.214. The number of hydrogen-bond donors (Lipinski definition) is 1. The van der Waals surface area contributed by atoms with Crippen molar-refractivity contribution < 1.29 is 4.79 Å². The van der Waals surface area contributed by atoms with Gasteiger partial charge in [-0.3, -0.25) is 4.79 Å². The third kappa shape index (κ3) is 2.09. The Balaban J connectivity index is 1.95. The molecule has 3 heteroatoms. The molecule has 1 aliphatic rings. The average Bonchev–Trinajstić information content (AvgIpc) is 3.00. The lowest BCUT2D eigenvalue weighted by atomic mass is 10.1. The first-order valence-corrected chi connectivity index (χ1v) is 5.88. The fourth-order valence-electron chi connectivity index (χ4n) is 1.88. The molecular weight excluding hydrogens is 212 g/mol. The maximum Gasteiger partial charge on any atom is 0.253 e. The molecule has 1 aromatic heterocycles. The summed E-state index contributed by atoms with van der Waals surface area (Å²) in [6.45, 7) is 0. The number of para-hydroxylation sites is 1. The predicted octanol–water partition coefficient (Wildman–Crippen LogP) is 2.37. The van der Waals surface area contributed by atoms with Crippen molar-refractivity contribution in [3.8, 4) is 5.69 Å². The van der Waals surface area contributed by atoms with Gasteiger partial charge in [-0.25, -0.2) is 0 Å². The van der Waals surface area contributed by atoms with Crippen LogP contribution in [0, 0.1) is 0 Å². The van der Waals surface area contributed by atoms with Crippen LogP contribution < -0.4 is 5.32 Å².